The molecule has 0 aliphatic heterocycles. The molecule has 1 aromatic heterocycles. The van der Waals surface area contributed by atoms with Gasteiger partial charge in [-0.25, -0.2) is 10.3 Å². The van der Waals surface area contributed by atoms with E-state index in [0.29, 0.717) is 32.5 Å². The standard InChI is InChI=1S/C31H31N3O5/c35-30(34-38)5-1-2-17-39-29-14-13-26(24-10-6-22(7-11-24)9-15-31(36)37)19-27(29)21-32-20-23-8-12-25-4-3-16-33-28(25)18-23/h3-4,6-16,18-19,32,38H,1-2,5,17,20-21H2,(H,34,35)(H,36,37). The first-order chi connectivity index (χ1) is 19.0. The zero-order valence-electron chi connectivity index (χ0n) is 21.5. The number of carbonyl (C=O) groups excluding carboxylic acids is 1. The Morgan fingerprint density at radius 2 is 1.74 bits per heavy atom. The highest BCUT2D eigenvalue weighted by atomic mass is 16.5. The van der Waals surface area contributed by atoms with E-state index in [0.717, 1.165) is 50.5 Å². The third kappa shape index (κ3) is 8.23. The van der Waals surface area contributed by atoms with Gasteiger partial charge in [0.05, 0.1) is 12.1 Å². The van der Waals surface area contributed by atoms with Crippen molar-refractivity contribution in [2.24, 2.45) is 0 Å². The maximum atomic E-state index is 11.2. The van der Waals surface area contributed by atoms with Gasteiger partial charge in [0.2, 0.25) is 5.91 Å². The van der Waals surface area contributed by atoms with E-state index in [1.54, 1.807) is 17.8 Å². The van der Waals surface area contributed by atoms with E-state index in [4.69, 9.17) is 15.1 Å². The van der Waals surface area contributed by atoms with Gasteiger partial charge in [-0.3, -0.25) is 15.0 Å². The molecule has 0 aliphatic carbocycles. The number of fused-ring (bicyclic) bond motifs is 1. The number of benzene rings is 3. The summed E-state index contributed by atoms with van der Waals surface area (Å²) in [5.74, 6) is -0.625. The van der Waals surface area contributed by atoms with Crippen LogP contribution in [0.4, 0.5) is 0 Å². The van der Waals surface area contributed by atoms with E-state index in [1.165, 1.54) is 0 Å². The highest BCUT2D eigenvalue weighted by Crippen LogP contribution is 2.28. The number of hydrogen-bond donors (Lipinski definition) is 4. The van der Waals surface area contributed by atoms with Gasteiger partial charge < -0.3 is 15.2 Å². The van der Waals surface area contributed by atoms with Crippen LogP contribution in [0.5, 0.6) is 5.75 Å². The first-order valence-electron chi connectivity index (χ1n) is 12.8. The third-order valence-electron chi connectivity index (χ3n) is 6.22. The van der Waals surface area contributed by atoms with E-state index in [-0.39, 0.29) is 6.42 Å². The smallest absolute Gasteiger partial charge is 0.328 e. The first-order valence-corrected chi connectivity index (χ1v) is 12.8. The Balaban J connectivity index is 1.46. The number of pyridine rings is 1. The van der Waals surface area contributed by atoms with Crippen molar-refractivity contribution >= 4 is 28.9 Å². The molecule has 0 spiro atoms. The first kappa shape index (κ1) is 27.5. The summed E-state index contributed by atoms with van der Waals surface area (Å²) in [4.78, 5) is 26.4. The van der Waals surface area contributed by atoms with Gasteiger partial charge in [-0.2, -0.15) is 0 Å². The second kappa shape index (κ2) is 13.9. The second-order valence-electron chi connectivity index (χ2n) is 9.09. The van der Waals surface area contributed by atoms with Gasteiger partial charge in [0.15, 0.2) is 0 Å². The molecule has 1 amide bonds. The molecule has 4 aromatic rings. The molecular weight excluding hydrogens is 494 g/mol. The lowest BCUT2D eigenvalue weighted by molar-refractivity contribution is -0.131. The monoisotopic (exact) mass is 525 g/mol. The van der Waals surface area contributed by atoms with Crippen LogP contribution in [0.2, 0.25) is 0 Å². The molecule has 0 bridgehead atoms. The molecule has 200 valence electrons. The predicted octanol–water partition coefficient (Wildman–Crippen LogP) is 5.34. The number of nitrogens with one attached hydrogen (secondary N) is 2. The van der Waals surface area contributed by atoms with Gasteiger partial charge in [0, 0.05) is 42.7 Å². The van der Waals surface area contributed by atoms with Gasteiger partial charge in [0.1, 0.15) is 5.75 Å². The molecule has 0 aliphatic rings. The topological polar surface area (TPSA) is 121 Å². The predicted molar refractivity (Wildman–Crippen MR) is 150 cm³/mol. The van der Waals surface area contributed by atoms with Gasteiger partial charge in [0.25, 0.3) is 0 Å². The number of unbranched alkanes of at least 4 members (excludes halogenated alkanes) is 1. The van der Waals surface area contributed by atoms with Crippen LogP contribution in [0.25, 0.3) is 28.1 Å². The maximum Gasteiger partial charge on any atom is 0.328 e. The summed E-state index contributed by atoms with van der Waals surface area (Å²) < 4.78 is 6.07. The molecule has 0 unspecified atom stereocenters. The number of hydrogen-bond acceptors (Lipinski definition) is 6. The van der Waals surface area contributed by atoms with E-state index in [9.17, 15) is 9.59 Å². The minimum Gasteiger partial charge on any atom is -0.493 e. The quantitative estimate of drug-likeness (QED) is 0.0804. The van der Waals surface area contributed by atoms with Gasteiger partial charge in [-0.1, -0.05) is 48.5 Å². The fourth-order valence-electron chi connectivity index (χ4n) is 4.18. The van der Waals surface area contributed by atoms with Crippen LogP contribution in [0.3, 0.4) is 0 Å². The molecule has 1 heterocycles. The summed E-state index contributed by atoms with van der Waals surface area (Å²) in [6.07, 6.45) is 6.00. The molecule has 39 heavy (non-hydrogen) atoms. The number of aromatic nitrogens is 1. The number of carbonyl (C=O) groups is 2. The van der Waals surface area contributed by atoms with Crippen molar-refractivity contribution in [3.63, 3.8) is 0 Å². The van der Waals surface area contributed by atoms with Crippen LogP contribution >= 0.6 is 0 Å². The summed E-state index contributed by atoms with van der Waals surface area (Å²) in [7, 11) is 0. The highest BCUT2D eigenvalue weighted by molar-refractivity contribution is 5.85. The molecule has 0 radical (unpaired) electrons. The van der Waals surface area contributed by atoms with E-state index in [2.05, 4.69) is 34.6 Å². The summed E-state index contributed by atoms with van der Waals surface area (Å²) >= 11 is 0. The number of aliphatic carboxylic acids is 1. The van der Waals surface area contributed by atoms with E-state index >= 15 is 0 Å². The average Bonchev–Trinajstić information content (AvgIpc) is 2.96. The van der Waals surface area contributed by atoms with E-state index in [1.807, 2.05) is 48.5 Å². The number of carboxylic acid groups (broad SMARTS) is 1. The zero-order valence-corrected chi connectivity index (χ0v) is 21.5. The lowest BCUT2D eigenvalue weighted by Gasteiger charge is -2.15. The van der Waals surface area contributed by atoms with Gasteiger partial charge in [-0.15, -0.1) is 0 Å². The minimum absolute atomic E-state index is 0.242. The SMILES string of the molecule is O=C(O)C=Cc1ccc(-c2ccc(OCCCCC(=O)NO)c(CNCc3ccc4cccnc4c3)c2)cc1. The van der Waals surface area contributed by atoms with E-state index < -0.39 is 11.9 Å². The Bertz CT molecular complexity index is 1450. The Morgan fingerprint density at radius 3 is 2.54 bits per heavy atom. The molecule has 0 atom stereocenters. The van der Waals surface area contributed by atoms with Crippen LogP contribution in [-0.2, 0) is 22.7 Å². The molecule has 0 saturated carbocycles. The number of hydroxylamine groups is 1. The number of amides is 1. The molecule has 4 N–H and O–H groups in total. The van der Waals surface area contributed by atoms with Crippen LogP contribution in [0, 0.1) is 0 Å². The summed E-state index contributed by atoms with van der Waals surface area (Å²) in [6, 6.07) is 23.9. The van der Waals surface area contributed by atoms with Crippen molar-refractivity contribution in [2.75, 3.05) is 6.61 Å². The largest absolute Gasteiger partial charge is 0.493 e. The van der Waals surface area contributed by atoms with Crippen molar-refractivity contribution in [2.45, 2.75) is 32.4 Å². The second-order valence-corrected chi connectivity index (χ2v) is 9.09. The van der Waals surface area contributed by atoms with Crippen LogP contribution in [0.15, 0.2) is 85.1 Å². The van der Waals surface area contributed by atoms with Gasteiger partial charge in [-0.05, 0) is 65.4 Å². The fourth-order valence-corrected chi connectivity index (χ4v) is 4.18. The van der Waals surface area contributed by atoms with Crippen molar-refractivity contribution in [3.8, 4) is 16.9 Å². The average molecular weight is 526 g/mol. The summed E-state index contributed by atoms with van der Waals surface area (Å²) in [5.41, 5.74) is 7.56. The van der Waals surface area contributed by atoms with Crippen molar-refractivity contribution in [3.05, 3.63) is 102 Å². The molecule has 0 saturated heterocycles. The van der Waals surface area contributed by atoms with Crippen LogP contribution in [-0.4, -0.2) is 33.8 Å². The molecule has 8 nitrogen and oxygen atoms in total. The van der Waals surface area contributed by atoms with Crippen molar-refractivity contribution < 1.29 is 24.6 Å². The Kier molecular flexibility index (Phi) is 9.77. The molecule has 3 aromatic carbocycles. The number of carboxylic acids is 1. The highest BCUT2D eigenvalue weighted by Gasteiger charge is 2.09. The van der Waals surface area contributed by atoms with Crippen molar-refractivity contribution in [1.82, 2.24) is 15.8 Å². The van der Waals surface area contributed by atoms with Gasteiger partial charge >= 0.3 is 5.97 Å². The third-order valence-corrected chi connectivity index (χ3v) is 6.22. The lowest BCUT2D eigenvalue weighted by atomic mass is 10.0. The molecular formula is C31H31N3O5. The summed E-state index contributed by atoms with van der Waals surface area (Å²) in [6.45, 7) is 1.69. The number of nitrogens with zero attached hydrogens (tertiary/aromatic N) is 1. The fraction of sp³-hybridized carbons (Fsp3) is 0.194. The molecule has 4 rings (SSSR count). The number of rotatable bonds is 13. The normalized spacial score (nSPS) is 11.1. The Labute approximate surface area is 226 Å². The number of ether oxygens (including phenoxy) is 1. The Morgan fingerprint density at radius 1 is 0.923 bits per heavy atom. The van der Waals surface area contributed by atoms with Crippen LogP contribution < -0.4 is 15.5 Å². The molecule has 8 heteroatoms. The Hall–Kier alpha value is -4.53. The van der Waals surface area contributed by atoms with Crippen molar-refractivity contribution in [1.29, 1.82) is 0 Å². The van der Waals surface area contributed by atoms with Crippen LogP contribution in [0.1, 0.15) is 36.0 Å². The minimum atomic E-state index is -0.983. The zero-order chi connectivity index (χ0) is 27.5. The lowest BCUT2D eigenvalue weighted by Crippen LogP contribution is -2.18. The summed E-state index contributed by atoms with van der Waals surface area (Å²) in [5, 5.41) is 22.1. The molecule has 0 fully saturated rings. The maximum absolute atomic E-state index is 11.2.